The molecule has 2 nitrogen and oxygen atoms in total. The van der Waals surface area contributed by atoms with Crippen molar-refractivity contribution in [1.29, 1.82) is 0 Å². The third-order valence-corrected chi connectivity index (χ3v) is 6.62. The lowest BCUT2D eigenvalue weighted by Crippen LogP contribution is -2.29. The Bertz CT molecular complexity index is 364. The van der Waals surface area contributed by atoms with Crippen molar-refractivity contribution in [2.75, 3.05) is 0 Å². The van der Waals surface area contributed by atoms with Crippen LogP contribution < -0.4 is 5.32 Å². The molecule has 0 heterocycles. The summed E-state index contributed by atoms with van der Waals surface area (Å²) in [5, 5.41) is 4.89. The van der Waals surface area contributed by atoms with E-state index in [1.165, 1.54) is 25.7 Å². The number of nitrogens with one attached hydrogen (secondary N) is 1. The summed E-state index contributed by atoms with van der Waals surface area (Å²) in [6.45, 7) is 61.9. The van der Waals surface area contributed by atoms with Crippen molar-refractivity contribution in [3.63, 3.8) is 0 Å². The van der Waals surface area contributed by atoms with E-state index in [0.717, 1.165) is 57.8 Å². The standard InChI is InChI=1S/4C7H16.C6H15N.C6H14O.C6H14S/c4*1-6(2)5-7(3)4;3*1-5(2)7-6(3)4/h4*6-7H,5H2,1-4H3;5-7H,1-4H3;2*5-6H,1-4H3. The van der Waals surface area contributed by atoms with Gasteiger partial charge in [0.15, 0.2) is 0 Å². The predicted octanol–water partition coefficient (Wildman–Crippen LogP) is 16.5. The van der Waals surface area contributed by atoms with E-state index in [9.17, 15) is 0 Å². The maximum Gasteiger partial charge on any atom is 0.0522 e. The summed E-state index contributed by atoms with van der Waals surface area (Å²) in [6, 6.07) is 1.25. The minimum absolute atomic E-state index is 0.375. The van der Waals surface area contributed by atoms with Crippen LogP contribution >= 0.6 is 11.8 Å². The first-order chi connectivity index (χ1) is 21.9. The first-order valence-corrected chi connectivity index (χ1v) is 21.9. The summed E-state index contributed by atoms with van der Waals surface area (Å²) in [4.78, 5) is 0. The molecule has 0 amide bonds. The SMILES string of the molecule is CC(C)CC(C)C.CC(C)CC(C)C.CC(C)CC(C)C.CC(C)CC(C)C.CC(C)NC(C)C.CC(C)OC(C)C.CC(C)SC(C)C. The fourth-order valence-electron chi connectivity index (χ4n) is 5.53. The highest BCUT2D eigenvalue weighted by Crippen LogP contribution is 2.15. The highest BCUT2D eigenvalue weighted by atomic mass is 32.2. The molecule has 0 radical (unpaired) electrons. The van der Waals surface area contributed by atoms with Gasteiger partial charge in [-0.3, -0.25) is 0 Å². The Kier molecular flexibility index (Phi) is 58.3. The van der Waals surface area contributed by atoms with Gasteiger partial charge in [0.25, 0.3) is 0 Å². The summed E-state index contributed by atoms with van der Waals surface area (Å²) in [7, 11) is 0. The van der Waals surface area contributed by atoms with Crippen molar-refractivity contribution < 1.29 is 4.74 Å². The van der Waals surface area contributed by atoms with Crippen LogP contribution in [0.2, 0.25) is 0 Å². The topological polar surface area (TPSA) is 21.3 Å². The number of thioether (sulfide) groups is 1. The van der Waals surface area contributed by atoms with Gasteiger partial charge in [-0.05, 0) is 111 Å². The normalized spacial score (nSPS) is 11.1. The molecule has 0 aromatic heterocycles. The molecular weight excluding hydrogens is 615 g/mol. The molecule has 0 fully saturated rings. The van der Waals surface area contributed by atoms with E-state index in [1.54, 1.807) is 0 Å². The van der Waals surface area contributed by atoms with Crippen LogP contribution in [-0.4, -0.2) is 34.8 Å². The van der Waals surface area contributed by atoms with Crippen LogP contribution in [0, 0.1) is 47.3 Å². The van der Waals surface area contributed by atoms with E-state index in [2.05, 4.69) is 171 Å². The minimum Gasteiger partial charge on any atom is -0.376 e. The van der Waals surface area contributed by atoms with Gasteiger partial charge in [-0.25, -0.2) is 0 Å². The van der Waals surface area contributed by atoms with Crippen LogP contribution in [0.1, 0.15) is 220 Å². The first-order valence-electron chi connectivity index (χ1n) is 21.0. The zero-order chi connectivity index (χ0) is 41.0. The zero-order valence-electron chi connectivity index (χ0n) is 40.2. The Morgan fingerprint density at radius 1 is 0.306 bits per heavy atom. The minimum atomic E-state index is 0.375. The van der Waals surface area contributed by atoms with Crippen molar-refractivity contribution in [2.24, 2.45) is 47.3 Å². The maximum absolute atomic E-state index is 5.25. The van der Waals surface area contributed by atoms with Crippen molar-refractivity contribution in [3.05, 3.63) is 0 Å². The van der Waals surface area contributed by atoms with Crippen molar-refractivity contribution in [3.8, 4) is 0 Å². The molecular formula is C46H107NOS. The van der Waals surface area contributed by atoms with E-state index >= 15 is 0 Å². The molecule has 0 spiro atoms. The highest BCUT2D eigenvalue weighted by molar-refractivity contribution is 8.00. The summed E-state index contributed by atoms with van der Waals surface area (Å²) in [5.41, 5.74) is 0. The molecule has 0 rings (SSSR count). The van der Waals surface area contributed by atoms with E-state index in [4.69, 9.17) is 4.74 Å². The van der Waals surface area contributed by atoms with Gasteiger partial charge in [-0.1, -0.05) is 166 Å². The number of hydrogen-bond acceptors (Lipinski definition) is 3. The van der Waals surface area contributed by atoms with Crippen molar-refractivity contribution in [2.45, 2.75) is 254 Å². The molecule has 0 bridgehead atoms. The molecule has 308 valence electrons. The fraction of sp³-hybridized carbons (Fsp3) is 1.00. The third-order valence-electron chi connectivity index (χ3n) is 5.53. The Hall–Kier alpha value is 0.270. The van der Waals surface area contributed by atoms with Crippen LogP contribution in [-0.2, 0) is 4.74 Å². The van der Waals surface area contributed by atoms with E-state index < -0.39 is 0 Å². The van der Waals surface area contributed by atoms with Crippen LogP contribution in [0.5, 0.6) is 0 Å². The lowest BCUT2D eigenvalue weighted by atomic mass is 10.0. The lowest BCUT2D eigenvalue weighted by molar-refractivity contribution is 0.0300. The lowest BCUT2D eigenvalue weighted by Gasteiger charge is -2.10. The van der Waals surface area contributed by atoms with E-state index in [-0.39, 0.29) is 0 Å². The van der Waals surface area contributed by atoms with Gasteiger partial charge in [-0.2, -0.15) is 11.8 Å². The third kappa shape index (κ3) is 129. The van der Waals surface area contributed by atoms with Crippen LogP contribution in [0.4, 0.5) is 0 Å². The van der Waals surface area contributed by atoms with Gasteiger partial charge in [0, 0.05) is 12.1 Å². The highest BCUT2D eigenvalue weighted by Gasteiger charge is 1.98. The van der Waals surface area contributed by atoms with Crippen LogP contribution in [0.3, 0.4) is 0 Å². The zero-order valence-corrected chi connectivity index (χ0v) is 41.0. The quantitative estimate of drug-likeness (QED) is 0.193. The molecule has 3 heteroatoms. The summed E-state index contributed by atoms with van der Waals surface area (Å²) in [5.74, 6) is 7.00. The summed E-state index contributed by atoms with van der Waals surface area (Å²) < 4.78 is 5.25. The van der Waals surface area contributed by atoms with E-state index in [0.29, 0.717) is 24.3 Å². The van der Waals surface area contributed by atoms with Crippen LogP contribution in [0.15, 0.2) is 0 Å². The number of ether oxygens (including phenoxy) is 1. The van der Waals surface area contributed by atoms with Gasteiger partial charge in [0.1, 0.15) is 0 Å². The van der Waals surface area contributed by atoms with Crippen LogP contribution in [0.25, 0.3) is 0 Å². The van der Waals surface area contributed by atoms with Crippen molar-refractivity contribution in [1.82, 2.24) is 5.32 Å². The Morgan fingerprint density at radius 3 is 0.469 bits per heavy atom. The molecule has 0 atom stereocenters. The van der Waals surface area contributed by atoms with Gasteiger partial charge in [0.2, 0.25) is 0 Å². The monoisotopic (exact) mass is 722 g/mol. The molecule has 0 aromatic carbocycles. The predicted molar refractivity (Wildman–Crippen MR) is 240 cm³/mol. The summed E-state index contributed by atoms with van der Waals surface area (Å²) >= 11 is 2.01. The molecule has 49 heavy (non-hydrogen) atoms. The molecule has 0 aliphatic carbocycles. The van der Waals surface area contributed by atoms with Gasteiger partial charge >= 0.3 is 0 Å². The van der Waals surface area contributed by atoms with Gasteiger partial charge in [0.05, 0.1) is 12.2 Å². The number of rotatable bonds is 14. The average Bonchev–Trinajstić information content (AvgIpc) is 2.74. The van der Waals surface area contributed by atoms with E-state index in [1.807, 2.05) is 39.5 Å². The molecule has 1 N–H and O–H groups in total. The second-order valence-corrected chi connectivity index (χ2v) is 21.2. The number of hydrogen-bond donors (Lipinski definition) is 1. The molecule has 0 aliphatic rings. The second-order valence-electron chi connectivity index (χ2n) is 19.0. The van der Waals surface area contributed by atoms with Crippen molar-refractivity contribution >= 4 is 11.8 Å². The van der Waals surface area contributed by atoms with Gasteiger partial charge in [-0.15, -0.1) is 0 Å². The average molecular weight is 722 g/mol. The Balaban J connectivity index is -0.0000000840. The smallest absolute Gasteiger partial charge is 0.0522 e. The molecule has 0 unspecified atom stereocenters. The first kappa shape index (κ1) is 64.2. The second kappa shape index (κ2) is 44.4. The Morgan fingerprint density at radius 2 is 0.469 bits per heavy atom. The Labute approximate surface area is 322 Å². The molecule has 0 saturated heterocycles. The molecule has 0 saturated carbocycles. The maximum atomic E-state index is 5.25. The van der Waals surface area contributed by atoms with Gasteiger partial charge < -0.3 is 10.1 Å². The molecule has 0 aliphatic heterocycles. The largest absolute Gasteiger partial charge is 0.376 e. The molecule has 0 aromatic rings. The summed E-state index contributed by atoms with van der Waals surface area (Å²) in [6.07, 6.45) is 6.19. The fourth-order valence-corrected chi connectivity index (χ4v) is 6.62.